The van der Waals surface area contributed by atoms with Gasteiger partial charge in [0.25, 0.3) is 0 Å². The molecule has 19 heavy (non-hydrogen) atoms. The maximum atomic E-state index is 10.8. The Labute approximate surface area is 112 Å². The Kier molecular flexibility index (Phi) is 3.32. The number of nitrogens with zero attached hydrogens (tertiary/aromatic N) is 1. The number of nitroso groups, excluding NO2 is 1. The van der Waals surface area contributed by atoms with Crippen LogP contribution in [0, 0.1) is 4.91 Å². The fraction of sp³-hybridized carbons (Fsp3) is 0.462. The normalized spacial score (nSPS) is 20.3. The number of carbonyl (C=O) groups is 1. The Morgan fingerprint density at radius 2 is 1.74 bits per heavy atom. The largest absolute Gasteiger partial charge is 0.494 e. The molecule has 0 N–H and O–H groups in total. The first-order valence-electron chi connectivity index (χ1n) is 6.09. The summed E-state index contributed by atoms with van der Waals surface area (Å²) in [6, 6.07) is 4.78. The molecule has 0 aliphatic carbocycles. The molecule has 0 atom stereocenters. The van der Waals surface area contributed by atoms with E-state index in [1.807, 2.05) is 27.7 Å². The molecule has 1 fully saturated rings. The average molecular weight is 261 g/mol. The number of aldehydes is 1. The zero-order valence-electron chi connectivity index (χ0n) is 11.5. The van der Waals surface area contributed by atoms with Gasteiger partial charge in [-0.1, -0.05) is 6.07 Å². The third kappa shape index (κ3) is 2.33. The van der Waals surface area contributed by atoms with Crippen LogP contribution in [0.2, 0.25) is 0 Å². The van der Waals surface area contributed by atoms with Crippen LogP contribution in [0.25, 0.3) is 0 Å². The third-order valence-electron chi connectivity index (χ3n) is 3.81. The van der Waals surface area contributed by atoms with E-state index in [4.69, 9.17) is 9.31 Å². The quantitative estimate of drug-likeness (QED) is 0.475. The van der Waals surface area contributed by atoms with Crippen LogP contribution >= 0.6 is 0 Å². The number of carbonyl (C=O) groups excluding carboxylic acids is 1. The molecule has 0 radical (unpaired) electrons. The summed E-state index contributed by atoms with van der Waals surface area (Å²) in [7, 11) is -0.564. The first-order chi connectivity index (χ1) is 8.80. The van der Waals surface area contributed by atoms with E-state index < -0.39 is 18.3 Å². The van der Waals surface area contributed by atoms with Crippen LogP contribution in [-0.2, 0) is 9.31 Å². The number of benzene rings is 1. The lowest BCUT2D eigenvalue weighted by molar-refractivity contribution is 0.00578. The summed E-state index contributed by atoms with van der Waals surface area (Å²) in [5.41, 5.74) is 0.141. The monoisotopic (exact) mass is 261 g/mol. The van der Waals surface area contributed by atoms with E-state index in [0.29, 0.717) is 11.7 Å². The standard InChI is InChI=1S/C13H16BNO4/c1-12(2)13(3,4)19-14(18-12)10-6-5-9(8-16)11(7-10)15-17/h5-8H,1-4H3. The molecule has 0 bridgehead atoms. The molecule has 0 saturated carbocycles. The molecule has 0 aromatic heterocycles. The zero-order valence-corrected chi connectivity index (χ0v) is 11.5. The van der Waals surface area contributed by atoms with Gasteiger partial charge in [0.2, 0.25) is 0 Å². The second kappa shape index (κ2) is 4.54. The van der Waals surface area contributed by atoms with Crippen molar-refractivity contribution in [1.82, 2.24) is 0 Å². The van der Waals surface area contributed by atoms with Gasteiger partial charge < -0.3 is 9.31 Å². The number of rotatable bonds is 3. The SMILES string of the molecule is CC1(C)OB(c2ccc(C=O)c(N=O)c2)OC1(C)C. The van der Waals surface area contributed by atoms with Crippen LogP contribution in [0.3, 0.4) is 0 Å². The lowest BCUT2D eigenvalue weighted by atomic mass is 9.78. The van der Waals surface area contributed by atoms with Crippen molar-refractivity contribution >= 4 is 24.6 Å². The molecule has 1 aliphatic heterocycles. The van der Waals surface area contributed by atoms with Crippen molar-refractivity contribution in [1.29, 1.82) is 0 Å². The number of hydrogen-bond donors (Lipinski definition) is 0. The molecule has 2 rings (SSSR count). The highest BCUT2D eigenvalue weighted by molar-refractivity contribution is 6.62. The van der Waals surface area contributed by atoms with Crippen molar-refractivity contribution in [3.05, 3.63) is 28.7 Å². The van der Waals surface area contributed by atoms with Crippen molar-refractivity contribution in [3.8, 4) is 0 Å². The molecule has 1 heterocycles. The highest BCUT2D eigenvalue weighted by atomic mass is 16.7. The van der Waals surface area contributed by atoms with E-state index in [9.17, 15) is 9.70 Å². The molecule has 0 unspecified atom stereocenters. The molecule has 0 spiro atoms. The van der Waals surface area contributed by atoms with Gasteiger partial charge in [-0.3, -0.25) is 4.79 Å². The minimum Gasteiger partial charge on any atom is -0.399 e. The molecule has 0 amide bonds. The second-order valence-electron chi connectivity index (χ2n) is 5.62. The molecule has 1 saturated heterocycles. The predicted octanol–water partition coefficient (Wildman–Crippen LogP) is 2.20. The minimum atomic E-state index is -0.564. The summed E-state index contributed by atoms with van der Waals surface area (Å²) in [6.45, 7) is 7.80. The first kappa shape index (κ1) is 13.9. The third-order valence-corrected chi connectivity index (χ3v) is 3.81. The second-order valence-corrected chi connectivity index (χ2v) is 5.62. The van der Waals surface area contributed by atoms with Crippen molar-refractivity contribution < 1.29 is 14.1 Å². The Hall–Kier alpha value is -1.53. The van der Waals surface area contributed by atoms with Crippen molar-refractivity contribution in [3.63, 3.8) is 0 Å². The zero-order chi connectivity index (χ0) is 14.3. The van der Waals surface area contributed by atoms with E-state index in [2.05, 4.69) is 5.18 Å². The smallest absolute Gasteiger partial charge is 0.399 e. The molecule has 6 heteroatoms. The van der Waals surface area contributed by atoms with Crippen LogP contribution in [0.4, 0.5) is 5.69 Å². The highest BCUT2D eigenvalue weighted by Crippen LogP contribution is 2.36. The van der Waals surface area contributed by atoms with Gasteiger partial charge in [-0.2, -0.15) is 0 Å². The van der Waals surface area contributed by atoms with Crippen LogP contribution in [0.15, 0.2) is 23.4 Å². The summed E-state index contributed by atoms with van der Waals surface area (Å²) in [6.07, 6.45) is 0.602. The van der Waals surface area contributed by atoms with E-state index in [1.54, 1.807) is 12.1 Å². The van der Waals surface area contributed by atoms with Gasteiger partial charge in [-0.15, -0.1) is 4.91 Å². The summed E-state index contributed by atoms with van der Waals surface area (Å²) in [5.74, 6) is 0. The van der Waals surface area contributed by atoms with Gasteiger partial charge in [0.1, 0.15) is 5.69 Å². The van der Waals surface area contributed by atoms with Crippen LogP contribution in [-0.4, -0.2) is 24.6 Å². The minimum absolute atomic E-state index is 0.0993. The van der Waals surface area contributed by atoms with Crippen molar-refractivity contribution in [2.24, 2.45) is 5.18 Å². The summed E-state index contributed by atoms with van der Waals surface area (Å²) in [4.78, 5) is 21.5. The van der Waals surface area contributed by atoms with Gasteiger partial charge in [0.05, 0.1) is 11.2 Å². The van der Waals surface area contributed by atoms with E-state index in [-0.39, 0.29) is 11.3 Å². The van der Waals surface area contributed by atoms with Crippen molar-refractivity contribution in [2.75, 3.05) is 0 Å². The van der Waals surface area contributed by atoms with Gasteiger partial charge in [-0.25, -0.2) is 0 Å². The molecule has 1 aromatic carbocycles. The van der Waals surface area contributed by atoms with Gasteiger partial charge in [0.15, 0.2) is 6.29 Å². The predicted molar refractivity (Wildman–Crippen MR) is 73.0 cm³/mol. The Bertz CT molecular complexity index is 511. The summed E-state index contributed by atoms with van der Waals surface area (Å²) >= 11 is 0. The first-order valence-corrected chi connectivity index (χ1v) is 6.09. The fourth-order valence-electron chi connectivity index (χ4n) is 1.87. The average Bonchev–Trinajstić information content (AvgIpc) is 2.57. The van der Waals surface area contributed by atoms with Crippen LogP contribution in [0.1, 0.15) is 38.1 Å². The summed E-state index contributed by atoms with van der Waals surface area (Å²) in [5, 5.41) is 2.85. The highest BCUT2D eigenvalue weighted by Gasteiger charge is 2.51. The molecular formula is C13H16BNO4. The lowest BCUT2D eigenvalue weighted by Crippen LogP contribution is -2.41. The van der Waals surface area contributed by atoms with Gasteiger partial charge >= 0.3 is 7.12 Å². The molecule has 100 valence electrons. The van der Waals surface area contributed by atoms with E-state index >= 15 is 0 Å². The van der Waals surface area contributed by atoms with Gasteiger partial charge in [-0.05, 0) is 50.5 Å². The number of hydrogen-bond acceptors (Lipinski definition) is 5. The van der Waals surface area contributed by atoms with Crippen molar-refractivity contribution in [2.45, 2.75) is 38.9 Å². The van der Waals surface area contributed by atoms with Gasteiger partial charge in [0, 0.05) is 5.56 Å². The maximum Gasteiger partial charge on any atom is 0.494 e. The Balaban J connectivity index is 2.35. The Morgan fingerprint density at radius 1 is 1.16 bits per heavy atom. The lowest BCUT2D eigenvalue weighted by Gasteiger charge is -2.32. The maximum absolute atomic E-state index is 10.8. The van der Waals surface area contributed by atoms with E-state index in [1.165, 1.54) is 6.07 Å². The fourth-order valence-corrected chi connectivity index (χ4v) is 1.87. The van der Waals surface area contributed by atoms with Crippen LogP contribution < -0.4 is 5.46 Å². The molecule has 1 aromatic rings. The summed E-state index contributed by atoms with van der Waals surface area (Å²) < 4.78 is 11.7. The molecule has 5 nitrogen and oxygen atoms in total. The molecule has 1 aliphatic rings. The van der Waals surface area contributed by atoms with Crippen LogP contribution in [0.5, 0.6) is 0 Å². The topological polar surface area (TPSA) is 65.0 Å². The Morgan fingerprint density at radius 3 is 2.21 bits per heavy atom. The van der Waals surface area contributed by atoms with E-state index in [0.717, 1.165) is 0 Å². The molecular weight excluding hydrogens is 245 g/mol.